The number of primary amides is 1. The molecule has 1 saturated carbocycles. The highest BCUT2D eigenvalue weighted by atomic mass is 16.2. The summed E-state index contributed by atoms with van der Waals surface area (Å²) in [6.07, 6.45) is 3.76. The molecule has 1 aromatic carbocycles. The van der Waals surface area contributed by atoms with E-state index in [0.717, 1.165) is 32.2 Å². The lowest BCUT2D eigenvalue weighted by Gasteiger charge is -2.45. The van der Waals surface area contributed by atoms with Gasteiger partial charge in [0.25, 0.3) is 0 Å². The number of hydrogen-bond acceptors (Lipinski definition) is 3. The van der Waals surface area contributed by atoms with Crippen molar-refractivity contribution in [3.8, 4) is 0 Å². The monoisotopic (exact) mass is 372 g/mol. The SMILES string of the molecule is CCNC1(c2ccccc2)CCC2(CC1)CN(CC(C)(C)C(N)=O)C(=O)N2. The molecule has 1 heterocycles. The van der Waals surface area contributed by atoms with E-state index in [-0.39, 0.29) is 23.0 Å². The molecule has 2 aliphatic rings. The van der Waals surface area contributed by atoms with Crippen LogP contribution in [0.1, 0.15) is 52.0 Å². The maximum Gasteiger partial charge on any atom is 0.318 e. The minimum absolute atomic E-state index is 0.0358. The number of carbonyl (C=O) groups is 2. The van der Waals surface area contributed by atoms with Gasteiger partial charge in [-0.05, 0) is 51.6 Å². The normalized spacial score (nSPS) is 28.4. The number of nitrogens with zero attached hydrogens (tertiary/aromatic N) is 1. The van der Waals surface area contributed by atoms with Crippen molar-refractivity contribution in [2.75, 3.05) is 19.6 Å². The van der Waals surface area contributed by atoms with Crippen molar-refractivity contribution >= 4 is 11.9 Å². The molecule has 2 fully saturated rings. The van der Waals surface area contributed by atoms with Crippen LogP contribution in [0, 0.1) is 5.41 Å². The first kappa shape index (κ1) is 19.7. The predicted molar refractivity (Wildman–Crippen MR) is 106 cm³/mol. The van der Waals surface area contributed by atoms with Crippen molar-refractivity contribution in [1.29, 1.82) is 0 Å². The van der Waals surface area contributed by atoms with Crippen LogP contribution in [0.25, 0.3) is 0 Å². The van der Waals surface area contributed by atoms with Crippen LogP contribution in [0.4, 0.5) is 4.79 Å². The third kappa shape index (κ3) is 3.81. The summed E-state index contributed by atoms with van der Waals surface area (Å²) in [6.45, 7) is 7.62. The third-order valence-electron chi connectivity index (χ3n) is 6.31. The van der Waals surface area contributed by atoms with E-state index in [4.69, 9.17) is 5.73 Å². The van der Waals surface area contributed by atoms with Crippen LogP contribution in [0.5, 0.6) is 0 Å². The number of benzene rings is 1. The highest BCUT2D eigenvalue weighted by Gasteiger charge is 2.49. The molecule has 0 atom stereocenters. The molecular formula is C21H32N4O2. The highest BCUT2D eigenvalue weighted by Crippen LogP contribution is 2.43. The lowest BCUT2D eigenvalue weighted by atomic mass is 9.69. The van der Waals surface area contributed by atoms with Crippen LogP contribution in [0.3, 0.4) is 0 Å². The molecule has 1 spiro atoms. The number of nitrogens with one attached hydrogen (secondary N) is 2. The molecule has 0 unspecified atom stereocenters. The van der Waals surface area contributed by atoms with Gasteiger partial charge in [-0.15, -0.1) is 0 Å². The Hall–Kier alpha value is -2.08. The Kier molecular flexibility index (Phi) is 5.21. The lowest BCUT2D eigenvalue weighted by Crippen LogP contribution is -2.54. The van der Waals surface area contributed by atoms with Gasteiger partial charge in [0.2, 0.25) is 5.91 Å². The number of urea groups is 1. The standard InChI is InChI=1S/C21H32N4O2/c1-4-23-21(16-8-6-5-7-9-16)12-10-20(11-13-21)15-25(18(27)24-20)14-19(2,3)17(22)26/h5-9,23H,4,10-15H2,1-3H3,(H2,22,26)(H,24,27). The summed E-state index contributed by atoms with van der Waals surface area (Å²) in [7, 11) is 0. The average molecular weight is 373 g/mol. The molecule has 3 rings (SSSR count). The molecule has 0 aromatic heterocycles. The molecule has 1 aliphatic carbocycles. The summed E-state index contributed by atoms with van der Waals surface area (Å²) in [5.41, 5.74) is 5.84. The minimum Gasteiger partial charge on any atom is -0.369 e. The summed E-state index contributed by atoms with van der Waals surface area (Å²) < 4.78 is 0. The predicted octanol–water partition coefficient (Wildman–Crippen LogP) is 2.34. The van der Waals surface area contributed by atoms with E-state index in [9.17, 15) is 9.59 Å². The zero-order valence-corrected chi connectivity index (χ0v) is 16.7. The molecule has 1 saturated heterocycles. The van der Waals surface area contributed by atoms with Crippen LogP contribution >= 0.6 is 0 Å². The van der Waals surface area contributed by atoms with Gasteiger partial charge in [0.15, 0.2) is 0 Å². The second-order valence-corrected chi connectivity index (χ2v) is 8.79. The highest BCUT2D eigenvalue weighted by molar-refractivity contribution is 5.82. The lowest BCUT2D eigenvalue weighted by molar-refractivity contribution is -0.126. The summed E-state index contributed by atoms with van der Waals surface area (Å²) >= 11 is 0. The van der Waals surface area contributed by atoms with Crippen LogP contribution in [-0.2, 0) is 10.3 Å². The Labute approximate surface area is 161 Å². The first-order valence-electron chi connectivity index (χ1n) is 9.90. The number of nitrogens with two attached hydrogens (primary N) is 1. The van der Waals surface area contributed by atoms with E-state index < -0.39 is 5.41 Å². The van der Waals surface area contributed by atoms with Gasteiger partial charge in [-0.25, -0.2) is 4.79 Å². The fraction of sp³-hybridized carbons (Fsp3) is 0.619. The Bertz CT molecular complexity index is 693. The fourth-order valence-corrected chi connectivity index (χ4v) is 4.57. The van der Waals surface area contributed by atoms with Crippen molar-refractivity contribution < 1.29 is 9.59 Å². The Morgan fingerprint density at radius 2 is 1.85 bits per heavy atom. The Morgan fingerprint density at radius 1 is 1.22 bits per heavy atom. The largest absolute Gasteiger partial charge is 0.369 e. The average Bonchev–Trinajstić information content (AvgIpc) is 2.93. The van der Waals surface area contributed by atoms with E-state index in [0.29, 0.717) is 13.1 Å². The van der Waals surface area contributed by atoms with Gasteiger partial charge < -0.3 is 21.3 Å². The van der Waals surface area contributed by atoms with Crippen molar-refractivity contribution in [3.05, 3.63) is 35.9 Å². The van der Waals surface area contributed by atoms with Gasteiger partial charge in [-0.1, -0.05) is 37.3 Å². The number of amides is 3. The molecule has 148 valence electrons. The first-order valence-corrected chi connectivity index (χ1v) is 9.90. The van der Waals surface area contributed by atoms with E-state index in [1.807, 2.05) is 6.07 Å². The topological polar surface area (TPSA) is 87.5 Å². The van der Waals surface area contributed by atoms with Crippen LogP contribution in [0.15, 0.2) is 30.3 Å². The van der Waals surface area contributed by atoms with Gasteiger partial charge in [0.1, 0.15) is 0 Å². The zero-order valence-electron chi connectivity index (χ0n) is 16.7. The molecule has 6 nitrogen and oxygen atoms in total. The van der Waals surface area contributed by atoms with Crippen molar-refractivity contribution in [1.82, 2.24) is 15.5 Å². The number of hydrogen-bond donors (Lipinski definition) is 3. The maximum atomic E-state index is 12.6. The van der Waals surface area contributed by atoms with Gasteiger partial charge in [0.05, 0.1) is 11.0 Å². The number of rotatable bonds is 6. The molecule has 1 aliphatic heterocycles. The third-order valence-corrected chi connectivity index (χ3v) is 6.31. The quantitative estimate of drug-likeness (QED) is 0.716. The smallest absolute Gasteiger partial charge is 0.318 e. The van der Waals surface area contributed by atoms with E-state index in [1.54, 1.807) is 18.7 Å². The minimum atomic E-state index is -0.727. The van der Waals surface area contributed by atoms with Crippen LogP contribution in [-0.4, -0.2) is 42.0 Å². The van der Waals surface area contributed by atoms with Crippen molar-refractivity contribution in [2.45, 2.75) is 57.5 Å². The van der Waals surface area contributed by atoms with E-state index in [1.165, 1.54) is 5.56 Å². The second kappa shape index (κ2) is 7.15. The Balaban J connectivity index is 1.72. The van der Waals surface area contributed by atoms with Gasteiger partial charge in [0, 0.05) is 18.6 Å². The molecule has 4 N–H and O–H groups in total. The zero-order chi connectivity index (χ0) is 19.7. The molecule has 3 amide bonds. The molecule has 1 aromatic rings. The van der Waals surface area contributed by atoms with Gasteiger partial charge in [-0.2, -0.15) is 0 Å². The molecule has 0 radical (unpaired) electrons. The van der Waals surface area contributed by atoms with Crippen LogP contribution in [0.2, 0.25) is 0 Å². The maximum absolute atomic E-state index is 12.6. The molecule has 27 heavy (non-hydrogen) atoms. The van der Waals surface area contributed by atoms with Gasteiger partial charge in [-0.3, -0.25) is 4.79 Å². The Morgan fingerprint density at radius 3 is 2.41 bits per heavy atom. The van der Waals surface area contributed by atoms with E-state index in [2.05, 4.69) is 41.8 Å². The van der Waals surface area contributed by atoms with Crippen molar-refractivity contribution in [2.24, 2.45) is 11.1 Å². The van der Waals surface area contributed by atoms with Gasteiger partial charge >= 0.3 is 6.03 Å². The molecule has 6 heteroatoms. The molecule has 0 bridgehead atoms. The molecular weight excluding hydrogens is 340 g/mol. The van der Waals surface area contributed by atoms with E-state index >= 15 is 0 Å². The summed E-state index contributed by atoms with van der Waals surface area (Å²) in [5, 5.41) is 6.93. The van der Waals surface area contributed by atoms with Crippen molar-refractivity contribution in [3.63, 3.8) is 0 Å². The van der Waals surface area contributed by atoms with Crippen LogP contribution < -0.4 is 16.4 Å². The summed E-state index contributed by atoms with van der Waals surface area (Å²) in [6, 6.07) is 10.5. The fourth-order valence-electron chi connectivity index (χ4n) is 4.57. The second-order valence-electron chi connectivity index (χ2n) is 8.79. The first-order chi connectivity index (χ1) is 12.7. The summed E-state index contributed by atoms with van der Waals surface area (Å²) in [4.78, 5) is 26.0. The number of carbonyl (C=O) groups excluding carboxylic acids is 2. The summed E-state index contributed by atoms with van der Waals surface area (Å²) in [5.74, 6) is -0.380.